The molecule has 1 nitrogen and oxygen atoms in total. The number of rotatable bonds is 5. The van der Waals surface area contributed by atoms with Gasteiger partial charge in [0.25, 0.3) is 0 Å². The largest absolute Gasteiger partial charge is 0.313 e. The number of nitrogens with one attached hydrogen (secondary N) is 1. The van der Waals surface area contributed by atoms with Crippen LogP contribution in [0.2, 0.25) is 0 Å². The minimum Gasteiger partial charge on any atom is -0.313 e. The molecular formula is C10H19N. The van der Waals surface area contributed by atoms with Crippen LogP contribution in [-0.4, -0.2) is 12.6 Å². The van der Waals surface area contributed by atoms with E-state index in [0.717, 1.165) is 18.9 Å². The summed E-state index contributed by atoms with van der Waals surface area (Å²) in [6.07, 6.45) is 7.19. The van der Waals surface area contributed by atoms with E-state index in [1.54, 1.807) is 0 Å². The minimum atomic E-state index is 0.591. The zero-order chi connectivity index (χ0) is 8.69. The highest BCUT2D eigenvalue weighted by Crippen LogP contribution is 2.05. The van der Waals surface area contributed by atoms with E-state index in [2.05, 4.69) is 32.0 Å². The van der Waals surface area contributed by atoms with Crippen LogP contribution < -0.4 is 5.32 Å². The smallest absolute Gasteiger partial charge is 0.0211 e. The van der Waals surface area contributed by atoms with Crippen LogP contribution in [-0.2, 0) is 0 Å². The second-order valence-electron chi connectivity index (χ2n) is 3.08. The van der Waals surface area contributed by atoms with Gasteiger partial charge in [-0.1, -0.05) is 20.3 Å². The van der Waals surface area contributed by atoms with Crippen molar-refractivity contribution >= 4 is 0 Å². The highest BCUT2D eigenvalue weighted by molar-refractivity contribution is 4.84. The first kappa shape index (κ1) is 10.5. The van der Waals surface area contributed by atoms with E-state index in [9.17, 15) is 0 Å². The van der Waals surface area contributed by atoms with Gasteiger partial charge in [-0.05, 0) is 12.8 Å². The molecule has 0 spiro atoms. The van der Waals surface area contributed by atoms with E-state index in [4.69, 9.17) is 6.42 Å². The molecule has 0 saturated heterocycles. The van der Waals surface area contributed by atoms with E-state index >= 15 is 0 Å². The first-order chi connectivity index (χ1) is 5.22. The monoisotopic (exact) mass is 153 g/mol. The van der Waals surface area contributed by atoms with Crippen molar-refractivity contribution in [3.63, 3.8) is 0 Å². The third-order valence-corrected chi connectivity index (χ3v) is 2.23. The van der Waals surface area contributed by atoms with Gasteiger partial charge in [-0.2, -0.15) is 0 Å². The molecule has 0 radical (unpaired) electrons. The predicted octanol–water partition coefficient (Wildman–Crippen LogP) is 2.03. The van der Waals surface area contributed by atoms with Gasteiger partial charge in [0, 0.05) is 19.0 Å². The van der Waals surface area contributed by atoms with Gasteiger partial charge in [-0.15, -0.1) is 12.3 Å². The van der Waals surface area contributed by atoms with Crippen LogP contribution in [0.1, 0.15) is 33.6 Å². The van der Waals surface area contributed by atoms with Gasteiger partial charge >= 0.3 is 0 Å². The molecule has 0 fully saturated rings. The molecule has 0 aliphatic heterocycles. The SMILES string of the molecule is C#CCCNC(C)C(C)CC. The van der Waals surface area contributed by atoms with Gasteiger partial charge < -0.3 is 5.32 Å². The van der Waals surface area contributed by atoms with Crippen LogP contribution in [0.3, 0.4) is 0 Å². The van der Waals surface area contributed by atoms with Crippen molar-refractivity contribution in [2.45, 2.75) is 39.7 Å². The lowest BCUT2D eigenvalue weighted by Gasteiger charge is -2.18. The molecule has 0 heterocycles. The summed E-state index contributed by atoms with van der Waals surface area (Å²) >= 11 is 0. The Morgan fingerprint density at radius 3 is 2.55 bits per heavy atom. The summed E-state index contributed by atoms with van der Waals surface area (Å²) in [4.78, 5) is 0. The number of hydrogen-bond acceptors (Lipinski definition) is 1. The zero-order valence-electron chi connectivity index (χ0n) is 7.85. The van der Waals surface area contributed by atoms with Gasteiger partial charge in [-0.3, -0.25) is 0 Å². The predicted molar refractivity (Wildman–Crippen MR) is 50.4 cm³/mol. The van der Waals surface area contributed by atoms with Crippen LogP contribution in [0.25, 0.3) is 0 Å². The highest BCUT2D eigenvalue weighted by Gasteiger charge is 2.07. The standard InChI is InChI=1S/C10H19N/c1-5-7-8-11-10(4)9(3)6-2/h1,9-11H,6-8H2,2-4H3. The molecule has 0 saturated carbocycles. The van der Waals surface area contributed by atoms with Crippen molar-refractivity contribution in [1.82, 2.24) is 5.32 Å². The van der Waals surface area contributed by atoms with Gasteiger partial charge in [0.15, 0.2) is 0 Å². The van der Waals surface area contributed by atoms with Crippen LogP contribution in [0.15, 0.2) is 0 Å². The maximum atomic E-state index is 5.13. The quantitative estimate of drug-likeness (QED) is 0.471. The molecule has 11 heavy (non-hydrogen) atoms. The molecule has 0 aliphatic carbocycles. The summed E-state index contributed by atoms with van der Waals surface area (Å²) in [5.41, 5.74) is 0. The van der Waals surface area contributed by atoms with Crippen LogP contribution in [0.4, 0.5) is 0 Å². The maximum absolute atomic E-state index is 5.13. The molecule has 0 bridgehead atoms. The second kappa shape index (κ2) is 6.24. The topological polar surface area (TPSA) is 12.0 Å². The van der Waals surface area contributed by atoms with Crippen LogP contribution >= 0.6 is 0 Å². The van der Waals surface area contributed by atoms with Crippen molar-refractivity contribution in [1.29, 1.82) is 0 Å². The Kier molecular flexibility index (Phi) is 5.97. The molecule has 64 valence electrons. The Bertz CT molecular complexity index is 123. The van der Waals surface area contributed by atoms with Crippen molar-refractivity contribution < 1.29 is 0 Å². The Labute approximate surface area is 70.6 Å². The summed E-state index contributed by atoms with van der Waals surface area (Å²) in [6.45, 7) is 7.63. The van der Waals surface area contributed by atoms with E-state index in [-0.39, 0.29) is 0 Å². The lowest BCUT2D eigenvalue weighted by molar-refractivity contribution is 0.395. The molecule has 2 atom stereocenters. The fourth-order valence-electron chi connectivity index (χ4n) is 0.927. The number of hydrogen-bond donors (Lipinski definition) is 1. The molecule has 1 N–H and O–H groups in total. The van der Waals surface area contributed by atoms with Gasteiger partial charge in [-0.25, -0.2) is 0 Å². The van der Waals surface area contributed by atoms with E-state index in [0.29, 0.717) is 6.04 Å². The van der Waals surface area contributed by atoms with Crippen LogP contribution in [0.5, 0.6) is 0 Å². The van der Waals surface area contributed by atoms with Crippen LogP contribution in [0, 0.1) is 18.3 Å². The minimum absolute atomic E-state index is 0.591. The Hall–Kier alpha value is -0.480. The molecule has 0 aliphatic rings. The maximum Gasteiger partial charge on any atom is 0.0211 e. The average molecular weight is 153 g/mol. The Morgan fingerprint density at radius 1 is 1.45 bits per heavy atom. The van der Waals surface area contributed by atoms with Crippen molar-refractivity contribution in [3.8, 4) is 12.3 Å². The van der Waals surface area contributed by atoms with E-state index < -0.39 is 0 Å². The zero-order valence-corrected chi connectivity index (χ0v) is 7.85. The van der Waals surface area contributed by atoms with Gasteiger partial charge in [0.2, 0.25) is 0 Å². The van der Waals surface area contributed by atoms with Crippen molar-refractivity contribution in [2.75, 3.05) is 6.54 Å². The average Bonchev–Trinajstić information content (AvgIpc) is 2.03. The first-order valence-electron chi connectivity index (χ1n) is 4.39. The van der Waals surface area contributed by atoms with Crippen molar-refractivity contribution in [2.24, 2.45) is 5.92 Å². The third-order valence-electron chi connectivity index (χ3n) is 2.23. The third kappa shape index (κ3) is 4.86. The lowest BCUT2D eigenvalue weighted by Crippen LogP contribution is -2.32. The summed E-state index contributed by atoms with van der Waals surface area (Å²) in [5.74, 6) is 3.36. The van der Waals surface area contributed by atoms with Gasteiger partial charge in [0.05, 0.1) is 0 Å². The fourth-order valence-corrected chi connectivity index (χ4v) is 0.927. The highest BCUT2D eigenvalue weighted by atomic mass is 14.9. The summed E-state index contributed by atoms with van der Waals surface area (Å²) < 4.78 is 0. The molecule has 1 heteroatoms. The summed E-state index contributed by atoms with van der Waals surface area (Å²) in [7, 11) is 0. The summed E-state index contributed by atoms with van der Waals surface area (Å²) in [6, 6.07) is 0.591. The molecule has 0 aromatic carbocycles. The normalized spacial score (nSPS) is 15.5. The lowest BCUT2D eigenvalue weighted by atomic mass is 10.0. The molecule has 0 aromatic heterocycles. The van der Waals surface area contributed by atoms with Crippen molar-refractivity contribution in [3.05, 3.63) is 0 Å². The fraction of sp³-hybridized carbons (Fsp3) is 0.800. The molecule has 0 rings (SSSR count). The Morgan fingerprint density at radius 2 is 2.09 bits per heavy atom. The van der Waals surface area contributed by atoms with E-state index in [1.165, 1.54) is 6.42 Å². The molecular weight excluding hydrogens is 134 g/mol. The van der Waals surface area contributed by atoms with Gasteiger partial charge in [0.1, 0.15) is 0 Å². The first-order valence-corrected chi connectivity index (χ1v) is 4.39. The number of terminal acetylenes is 1. The molecule has 0 aromatic rings. The summed E-state index contributed by atoms with van der Waals surface area (Å²) in [5, 5.41) is 3.39. The molecule has 0 amide bonds. The van der Waals surface area contributed by atoms with E-state index in [1.807, 2.05) is 0 Å². The Balaban J connectivity index is 3.37. The second-order valence-corrected chi connectivity index (χ2v) is 3.08. The molecule has 2 unspecified atom stereocenters.